The molecule has 24 heavy (non-hydrogen) atoms. The number of rotatable bonds is 6. The monoisotopic (exact) mass is 410 g/mol. The van der Waals surface area contributed by atoms with E-state index < -0.39 is 0 Å². The van der Waals surface area contributed by atoms with Gasteiger partial charge < -0.3 is 9.47 Å². The van der Waals surface area contributed by atoms with E-state index in [9.17, 15) is 4.79 Å². The van der Waals surface area contributed by atoms with Gasteiger partial charge in [-0.05, 0) is 48.9 Å². The Labute approximate surface area is 153 Å². The van der Waals surface area contributed by atoms with Crippen molar-refractivity contribution >= 4 is 39.7 Å². The van der Waals surface area contributed by atoms with Crippen molar-refractivity contribution in [1.29, 1.82) is 0 Å². The van der Waals surface area contributed by atoms with E-state index in [1.165, 1.54) is 6.21 Å². The number of halogens is 2. The maximum Gasteiger partial charge on any atom is 0.277 e. The number of hydrogen-bond donors (Lipinski definition) is 1. The van der Waals surface area contributed by atoms with E-state index in [1.54, 1.807) is 31.4 Å². The Morgan fingerprint density at radius 1 is 1.29 bits per heavy atom. The molecule has 0 spiro atoms. The van der Waals surface area contributed by atoms with Gasteiger partial charge in [0.1, 0.15) is 11.5 Å². The molecule has 1 N–H and O–H groups in total. The summed E-state index contributed by atoms with van der Waals surface area (Å²) >= 11 is 9.25. The summed E-state index contributed by atoms with van der Waals surface area (Å²) in [6, 6.07) is 10.7. The lowest BCUT2D eigenvalue weighted by Gasteiger charge is -2.08. The molecule has 2 aromatic rings. The first kappa shape index (κ1) is 18.3. The second kappa shape index (κ2) is 8.70. The maximum atomic E-state index is 11.8. The van der Waals surface area contributed by atoms with Gasteiger partial charge in [0, 0.05) is 15.1 Å². The highest BCUT2D eigenvalue weighted by atomic mass is 79.9. The summed E-state index contributed by atoms with van der Waals surface area (Å²) in [5.41, 5.74) is 4.01. The minimum absolute atomic E-state index is 0.143. The predicted molar refractivity (Wildman–Crippen MR) is 98.1 cm³/mol. The lowest BCUT2D eigenvalue weighted by molar-refractivity contribution is -0.123. The van der Waals surface area contributed by atoms with Crippen LogP contribution < -0.4 is 14.9 Å². The van der Waals surface area contributed by atoms with E-state index in [2.05, 4.69) is 26.5 Å². The summed E-state index contributed by atoms with van der Waals surface area (Å²) in [5, 5.41) is 4.54. The number of benzene rings is 2. The molecule has 0 fully saturated rings. The van der Waals surface area contributed by atoms with Crippen LogP contribution in [0.5, 0.6) is 11.5 Å². The van der Waals surface area contributed by atoms with Gasteiger partial charge in [-0.15, -0.1) is 0 Å². The van der Waals surface area contributed by atoms with Crippen molar-refractivity contribution in [2.24, 2.45) is 5.10 Å². The van der Waals surface area contributed by atoms with Crippen LogP contribution in [0.2, 0.25) is 5.02 Å². The molecule has 0 heterocycles. The van der Waals surface area contributed by atoms with Gasteiger partial charge in [0.2, 0.25) is 0 Å². The number of ether oxygens (including phenoxy) is 2. The van der Waals surface area contributed by atoms with Crippen LogP contribution in [0.25, 0.3) is 0 Å². The van der Waals surface area contributed by atoms with Gasteiger partial charge in [0.05, 0.1) is 13.3 Å². The highest BCUT2D eigenvalue weighted by molar-refractivity contribution is 9.10. The second-order valence-electron chi connectivity index (χ2n) is 4.88. The Hall–Kier alpha value is -2.05. The first-order valence-corrected chi connectivity index (χ1v) is 8.21. The van der Waals surface area contributed by atoms with Crippen molar-refractivity contribution in [3.63, 3.8) is 0 Å². The molecule has 0 bridgehead atoms. The van der Waals surface area contributed by atoms with Crippen LogP contribution in [0.15, 0.2) is 46.0 Å². The summed E-state index contributed by atoms with van der Waals surface area (Å²) < 4.78 is 11.6. The molecule has 0 saturated heterocycles. The SMILES string of the molecule is COc1ccc(Br)cc1C=NNC(=O)COc1ccc(Cl)cc1C. The fourth-order valence-corrected chi connectivity index (χ4v) is 2.54. The van der Waals surface area contributed by atoms with Gasteiger partial charge >= 0.3 is 0 Å². The standard InChI is InChI=1S/C17H16BrClN2O3/c1-11-7-14(19)4-6-15(11)24-10-17(22)21-20-9-12-8-13(18)3-5-16(12)23-2/h3-9H,10H2,1-2H3,(H,21,22). The Morgan fingerprint density at radius 2 is 2.04 bits per heavy atom. The lowest BCUT2D eigenvalue weighted by atomic mass is 10.2. The number of methoxy groups -OCH3 is 1. The van der Waals surface area contributed by atoms with Crippen LogP contribution >= 0.6 is 27.5 Å². The summed E-state index contributed by atoms with van der Waals surface area (Å²) in [5.74, 6) is 0.894. The van der Waals surface area contributed by atoms with Crippen LogP contribution in [-0.4, -0.2) is 25.8 Å². The summed E-state index contributed by atoms with van der Waals surface area (Å²) in [6.07, 6.45) is 1.51. The van der Waals surface area contributed by atoms with Gasteiger partial charge in [0.15, 0.2) is 6.61 Å². The Balaban J connectivity index is 1.90. The summed E-state index contributed by atoms with van der Waals surface area (Å²) in [7, 11) is 1.57. The topological polar surface area (TPSA) is 59.9 Å². The van der Waals surface area contributed by atoms with Crippen molar-refractivity contribution < 1.29 is 14.3 Å². The van der Waals surface area contributed by atoms with E-state index in [-0.39, 0.29) is 12.5 Å². The normalized spacial score (nSPS) is 10.7. The van der Waals surface area contributed by atoms with Crippen molar-refractivity contribution in [3.8, 4) is 11.5 Å². The minimum atomic E-state index is -0.366. The van der Waals surface area contributed by atoms with Gasteiger partial charge in [-0.25, -0.2) is 5.43 Å². The zero-order valence-electron chi connectivity index (χ0n) is 13.2. The number of hydrazone groups is 1. The number of carbonyl (C=O) groups is 1. The molecule has 0 aliphatic rings. The molecule has 0 aliphatic carbocycles. The van der Waals surface area contributed by atoms with Gasteiger partial charge in [0.25, 0.3) is 5.91 Å². The Bertz CT molecular complexity index is 765. The van der Waals surface area contributed by atoms with Gasteiger partial charge in [-0.1, -0.05) is 27.5 Å². The molecule has 0 unspecified atom stereocenters. The fraction of sp³-hybridized carbons (Fsp3) is 0.176. The third kappa shape index (κ3) is 5.25. The molecule has 0 aromatic heterocycles. The number of hydrogen-bond acceptors (Lipinski definition) is 4. The molecular weight excluding hydrogens is 396 g/mol. The highest BCUT2D eigenvalue weighted by Gasteiger charge is 2.05. The van der Waals surface area contributed by atoms with Crippen LogP contribution in [0, 0.1) is 6.92 Å². The van der Waals surface area contributed by atoms with Gasteiger partial charge in [-0.3, -0.25) is 4.79 Å². The third-order valence-corrected chi connectivity index (χ3v) is 3.81. The minimum Gasteiger partial charge on any atom is -0.496 e. The molecular formula is C17H16BrClN2O3. The zero-order chi connectivity index (χ0) is 17.5. The van der Waals surface area contributed by atoms with Crippen molar-refractivity contribution in [2.45, 2.75) is 6.92 Å². The van der Waals surface area contributed by atoms with Crippen LogP contribution in [0.4, 0.5) is 0 Å². The number of aryl methyl sites for hydroxylation is 1. The third-order valence-electron chi connectivity index (χ3n) is 3.08. The molecule has 126 valence electrons. The van der Waals surface area contributed by atoms with E-state index in [1.807, 2.05) is 19.1 Å². The largest absolute Gasteiger partial charge is 0.496 e. The molecule has 7 heteroatoms. The predicted octanol–water partition coefficient (Wildman–Crippen LogP) is 3.95. The number of carbonyl (C=O) groups excluding carboxylic acids is 1. The Morgan fingerprint density at radius 3 is 2.75 bits per heavy atom. The molecule has 0 aliphatic heterocycles. The molecule has 2 aromatic carbocycles. The molecule has 5 nitrogen and oxygen atoms in total. The number of nitrogens with one attached hydrogen (secondary N) is 1. The van der Waals surface area contributed by atoms with E-state index >= 15 is 0 Å². The van der Waals surface area contributed by atoms with Crippen molar-refractivity contribution in [2.75, 3.05) is 13.7 Å². The first-order chi connectivity index (χ1) is 11.5. The lowest BCUT2D eigenvalue weighted by Crippen LogP contribution is -2.24. The summed E-state index contributed by atoms with van der Waals surface area (Å²) in [6.45, 7) is 1.71. The highest BCUT2D eigenvalue weighted by Crippen LogP contribution is 2.22. The molecule has 1 amide bonds. The second-order valence-corrected chi connectivity index (χ2v) is 6.23. The molecule has 0 radical (unpaired) electrons. The average molecular weight is 412 g/mol. The van der Waals surface area contributed by atoms with Crippen molar-refractivity contribution in [3.05, 3.63) is 57.0 Å². The molecule has 0 saturated carbocycles. The van der Waals surface area contributed by atoms with Crippen LogP contribution in [0.1, 0.15) is 11.1 Å². The quantitative estimate of drug-likeness (QED) is 0.578. The molecule has 0 atom stereocenters. The smallest absolute Gasteiger partial charge is 0.277 e. The Kier molecular flexibility index (Phi) is 6.63. The molecule has 2 rings (SSSR count). The van der Waals surface area contributed by atoms with E-state index in [0.29, 0.717) is 16.5 Å². The zero-order valence-corrected chi connectivity index (χ0v) is 15.5. The van der Waals surface area contributed by atoms with Crippen LogP contribution in [0.3, 0.4) is 0 Å². The average Bonchev–Trinajstić information content (AvgIpc) is 2.54. The van der Waals surface area contributed by atoms with E-state index in [4.69, 9.17) is 21.1 Å². The fourth-order valence-electron chi connectivity index (χ4n) is 1.93. The van der Waals surface area contributed by atoms with Crippen LogP contribution in [-0.2, 0) is 4.79 Å². The van der Waals surface area contributed by atoms with Crippen molar-refractivity contribution in [1.82, 2.24) is 5.43 Å². The number of nitrogens with zero attached hydrogens (tertiary/aromatic N) is 1. The maximum absolute atomic E-state index is 11.8. The number of amides is 1. The van der Waals surface area contributed by atoms with E-state index in [0.717, 1.165) is 15.6 Å². The van der Waals surface area contributed by atoms with Gasteiger partial charge in [-0.2, -0.15) is 5.10 Å². The first-order valence-electron chi connectivity index (χ1n) is 7.04. The summed E-state index contributed by atoms with van der Waals surface area (Å²) in [4.78, 5) is 11.8.